The number of carbonyl (C=O) groups excluding carboxylic acids is 1. The van der Waals surface area contributed by atoms with Crippen LogP contribution in [0.25, 0.3) is 0 Å². The zero-order valence-corrected chi connectivity index (χ0v) is 17.1. The number of halogens is 5. The summed E-state index contributed by atoms with van der Waals surface area (Å²) in [6, 6.07) is 1.97. The number of nitrogens with zero attached hydrogens (tertiary/aromatic N) is 1. The number of allylic oxidation sites excluding steroid dienone is 1. The smallest absolute Gasteiger partial charge is 0.339 e. The molecule has 0 atom stereocenters. The van der Waals surface area contributed by atoms with E-state index >= 15 is 0 Å². The summed E-state index contributed by atoms with van der Waals surface area (Å²) >= 11 is 0. The van der Waals surface area contributed by atoms with E-state index in [0.717, 1.165) is 29.3 Å². The molecule has 0 spiro atoms. The molecule has 0 fully saturated rings. The number of hydrogen-bond acceptors (Lipinski definition) is 4. The van der Waals surface area contributed by atoms with Crippen LogP contribution in [0.3, 0.4) is 0 Å². The molecule has 1 amide bonds. The van der Waals surface area contributed by atoms with Gasteiger partial charge < -0.3 is 10.2 Å². The van der Waals surface area contributed by atoms with Gasteiger partial charge in [-0.1, -0.05) is 5.73 Å². The van der Waals surface area contributed by atoms with Crippen LogP contribution in [0.2, 0.25) is 0 Å². The third kappa shape index (κ3) is 4.72. The van der Waals surface area contributed by atoms with E-state index in [0.29, 0.717) is 13.8 Å². The van der Waals surface area contributed by atoms with Gasteiger partial charge in [0.05, 0.1) is 5.69 Å². The van der Waals surface area contributed by atoms with Crippen LogP contribution in [0.1, 0.15) is 19.4 Å². The summed E-state index contributed by atoms with van der Waals surface area (Å²) in [5, 5.41) is 2.21. The Bertz CT molecular complexity index is 1090. The van der Waals surface area contributed by atoms with E-state index in [1.165, 1.54) is 14.0 Å². The summed E-state index contributed by atoms with van der Waals surface area (Å²) < 4.78 is 92.5. The van der Waals surface area contributed by atoms with Gasteiger partial charge in [0, 0.05) is 24.9 Å². The number of alkyl halides is 3. The average Bonchev–Trinajstić information content (AvgIpc) is 2.60. The molecule has 2 rings (SSSR count). The van der Waals surface area contributed by atoms with Crippen LogP contribution in [-0.2, 0) is 14.8 Å². The van der Waals surface area contributed by atoms with Crippen LogP contribution in [-0.4, -0.2) is 38.0 Å². The molecule has 0 unspecified atom stereocenters. The standard InChI is InChI=1S/C18H18F5N3O3S/c1-10-12(19)6-7-13(15(10)20)24-16(27)14-8-5-11(9-26(14)4)30(28,29)25-17(2,3)18(21,22)23/h5-7,9,25H,1-4H3,(H,24,27). The van der Waals surface area contributed by atoms with Gasteiger partial charge in [0.15, 0.2) is 11.5 Å². The highest BCUT2D eigenvalue weighted by atomic mass is 32.2. The fourth-order valence-electron chi connectivity index (χ4n) is 2.30. The van der Waals surface area contributed by atoms with Crippen molar-refractivity contribution in [3.05, 3.63) is 57.9 Å². The predicted octanol–water partition coefficient (Wildman–Crippen LogP) is 3.30. The van der Waals surface area contributed by atoms with Crippen molar-refractivity contribution in [1.82, 2.24) is 9.62 Å². The van der Waals surface area contributed by atoms with Gasteiger partial charge in [0.1, 0.15) is 16.3 Å². The fraction of sp³-hybridized carbons (Fsp3) is 0.333. The van der Waals surface area contributed by atoms with Crippen molar-refractivity contribution >= 4 is 21.6 Å². The number of nitrogens with one attached hydrogen (secondary N) is 2. The molecule has 0 bridgehead atoms. The maximum absolute atomic E-state index is 14.1. The van der Waals surface area contributed by atoms with Gasteiger partial charge in [0.25, 0.3) is 5.91 Å². The van der Waals surface area contributed by atoms with Gasteiger partial charge in [0.2, 0.25) is 10.0 Å². The lowest BCUT2D eigenvalue weighted by molar-refractivity contribution is -0.180. The number of anilines is 1. The number of hydrogen-bond donors (Lipinski definition) is 2. The number of benzene rings is 1. The molecule has 1 aromatic rings. The molecule has 1 heterocycles. The van der Waals surface area contributed by atoms with E-state index in [1.807, 2.05) is 0 Å². The first kappa shape index (κ1) is 23.6. The molecule has 0 saturated heterocycles. The zero-order chi connectivity index (χ0) is 23.1. The van der Waals surface area contributed by atoms with E-state index in [-0.39, 0.29) is 16.9 Å². The monoisotopic (exact) mass is 451 g/mol. The second-order valence-corrected chi connectivity index (χ2v) is 8.68. The summed E-state index contributed by atoms with van der Waals surface area (Å²) in [5.74, 6) is -2.68. The third-order valence-corrected chi connectivity index (χ3v) is 5.84. The molecule has 0 saturated carbocycles. The molecule has 6 nitrogen and oxygen atoms in total. The van der Waals surface area contributed by atoms with Crippen LogP contribution in [0, 0.1) is 18.6 Å². The van der Waals surface area contributed by atoms with Crippen molar-refractivity contribution in [3.8, 4) is 0 Å². The van der Waals surface area contributed by atoms with Crippen molar-refractivity contribution in [2.24, 2.45) is 0 Å². The Morgan fingerprint density at radius 1 is 1.17 bits per heavy atom. The van der Waals surface area contributed by atoms with Crippen molar-refractivity contribution in [2.75, 3.05) is 12.4 Å². The molecule has 12 heteroatoms. The summed E-state index contributed by atoms with van der Waals surface area (Å²) in [6.07, 6.45) is -3.12. The minimum atomic E-state index is -4.84. The molecule has 2 N–H and O–H groups in total. The molecular weight excluding hydrogens is 433 g/mol. The number of rotatable bonds is 5. The Kier molecular flexibility index (Phi) is 6.18. The topological polar surface area (TPSA) is 78.5 Å². The summed E-state index contributed by atoms with van der Waals surface area (Å²) in [4.78, 5) is 12.8. The molecule has 30 heavy (non-hydrogen) atoms. The Hall–Kier alpha value is -2.69. The average molecular weight is 451 g/mol. The Labute approximate surface area is 169 Å². The molecule has 164 valence electrons. The lowest BCUT2D eigenvalue weighted by Crippen LogP contribution is -2.54. The highest BCUT2D eigenvalue weighted by molar-refractivity contribution is 7.93. The van der Waals surface area contributed by atoms with Gasteiger partial charge in [-0.05, 0) is 32.9 Å². The molecule has 1 aliphatic heterocycles. The Morgan fingerprint density at radius 2 is 1.77 bits per heavy atom. The number of sulfonamides is 1. The van der Waals surface area contributed by atoms with E-state index in [4.69, 9.17) is 0 Å². The van der Waals surface area contributed by atoms with E-state index in [2.05, 4.69) is 11.0 Å². The first-order valence-electron chi connectivity index (χ1n) is 8.35. The highest BCUT2D eigenvalue weighted by Crippen LogP contribution is 2.31. The van der Waals surface area contributed by atoms with Gasteiger partial charge in [-0.3, -0.25) is 4.79 Å². The van der Waals surface area contributed by atoms with Crippen molar-refractivity contribution in [1.29, 1.82) is 0 Å². The van der Waals surface area contributed by atoms with Gasteiger partial charge in [-0.25, -0.2) is 17.2 Å². The quantitative estimate of drug-likeness (QED) is 0.532. The Balaban J connectivity index is 2.28. The molecule has 0 aromatic heterocycles. The van der Waals surface area contributed by atoms with E-state index in [9.17, 15) is 35.2 Å². The molecular formula is C18H18F5N3O3S. The van der Waals surface area contributed by atoms with Crippen molar-refractivity contribution in [2.45, 2.75) is 32.5 Å². The Morgan fingerprint density at radius 3 is 2.30 bits per heavy atom. The summed E-state index contributed by atoms with van der Waals surface area (Å²) in [5.41, 5.74) is -1.24. The molecule has 1 aromatic carbocycles. The van der Waals surface area contributed by atoms with Gasteiger partial charge in [-0.2, -0.15) is 17.9 Å². The minimum absolute atomic E-state index is 0.245. The highest BCUT2D eigenvalue weighted by Gasteiger charge is 2.50. The number of carbonyl (C=O) groups is 1. The predicted molar refractivity (Wildman–Crippen MR) is 99.4 cm³/mol. The summed E-state index contributed by atoms with van der Waals surface area (Å²) in [7, 11) is -3.34. The van der Waals surface area contributed by atoms with Crippen molar-refractivity contribution < 1.29 is 35.2 Å². The second kappa shape index (κ2) is 7.86. The van der Waals surface area contributed by atoms with Crippen LogP contribution in [0.5, 0.6) is 0 Å². The molecule has 1 aliphatic rings. The number of likely N-dealkylation sites (N-methyl/N-ethyl adjacent to an activating group) is 1. The van der Waals surface area contributed by atoms with E-state index < -0.39 is 44.2 Å². The van der Waals surface area contributed by atoms with Gasteiger partial charge in [-0.15, -0.1) is 0 Å². The van der Waals surface area contributed by atoms with Gasteiger partial charge >= 0.3 is 6.18 Å². The first-order valence-corrected chi connectivity index (χ1v) is 9.83. The second-order valence-electron chi connectivity index (χ2n) is 7.00. The third-order valence-electron chi connectivity index (χ3n) is 4.22. The van der Waals surface area contributed by atoms with E-state index in [1.54, 1.807) is 4.72 Å². The first-order chi connectivity index (χ1) is 13.6. The summed E-state index contributed by atoms with van der Waals surface area (Å²) in [6.45, 7) is 2.51. The minimum Gasteiger partial charge on any atom is -0.339 e. The SMILES string of the molecule is Cc1c(F)ccc(NC(=O)C2=C=CC(S(=O)(=O)NC(C)(C)C(F)(F)F)=CN2C)c1F. The van der Waals surface area contributed by atoms with Crippen LogP contribution in [0.4, 0.5) is 27.6 Å². The zero-order valence-electron chi connectivity index (χ0n) is 16.3. The van der Waals surface area contributed by atoms with Crippen molar-refractivity contribution in [3.63, 3.8) is 0 Å². The van der Waals surface area contributed by atoms with Crippen LogP contribution < -0.4 is 10.0 Å². The largest absolute Gasteiger partial charge is 0.407 e. The normalized spacial score (nSPS) is 15.0. The lowest BCUT2D eigenvalue weighted by atomic mass is 10.1. The van der Waals surface area contributed by atoms with Crippen LogP contribution >= 0.6 is 0 Å². The maximum atomic E-state index is 14.1. The number of amides is 1. The fourth-order valence-corrected chi connectivity index (χ4v) is 3.72. The lowest BCUT2D eigenvalue weighted by Gasteiger charge is -2.29. The van der Waals surface area contributed by atoms with Crippen LogP contribution in [0.15, 0.2) is 40.7 Å². The maximum Gasteiger partial charge on any atom is 0.407 e. The molecule has 0 radical (unpaired) electrons. The molecule has 0 aliphatic carbocycles.